The molecule has 0 unspecified atom stereocenters. The molecule has 0 saturated carbocycles. The zero-order valence-corrected chi connectivity index (χ0v) is 16.6. The Hall–Kier alpha value is -3.60. The third-order valence-corrected chi connectivity index (χ3v) is 4.95. The highest BCUT2D eigenvalue weighted by Gasteiger charge is 2.23. The second-order valence-corrected chi connectivity index (χ2v) is 7.15. The molecule has 2 aromatic carbocycles. The predicted octanol–water partition coefficient (Wildman–Crippen LogP) is 4.21. The lowest BCUT2D eigenvalue weighted by molar-refractivity contribution is 0.506. The quantitative estimate of drug-likeness (QED) is 0.506. The second-order valence-electron chi connectivity index (χ2n) is 6.81. The Balaban J connectivity index is 1.41. The lowest BCUT2D eigenvalue weighted by atomic mass is 10.2. The van der Waals surface area contributed by atoms with Crippen LogP contribution in [0.5, 0.6) is 0 Å². The molecule has 4 aromatic rings. The predicted molar refractivity (Wildman–Crippen MR) is 108 cm³/mol. The maximum absolute atomic E-state index is 14.5. The van der Waals surface area contributed by atoms with Crippen molar-refractivity contribution in [1.29, 1.82) is 0 Å². The molecule has 31 heavy (non-hydrogen) atoms. The number of benzene rings is 2. The molecule has 0 spiro atoms. The van der Waals surface area contributed by atoms with E-state index >= 15 is 0 Å². The van der Waals surface area contributed by atoms with Gasteiger partial charge in [0.05, 0.1) is 0 Å². The Morgan fingerprint density at radius 2 is 1.81 bits per heavy atom. The minimum Gasteiger partial charge on any atom is -0.323 e. The van der Waals surface area contributed by atoms with Gasteiger partial charge in [-0.1, -0.05) is 0 Å². The van der Waals surface area contributed by atoms with Gasteiger partial charge in [-0.05, 0) is 48.4 Å². The van der Waals surface area contributed by atoms with Gasteiger partial charge in [-0.15, -0.1) is 10.2 Å². The van der Waals surface area contributed by atoms with Crippen LogP contribution in [0.2, 0.25) is 5.28 Å². The largest absolute Gasteiger partial charge is 0.323 e. The van der Waals surface area contributed by atoms with Gasteiger partial charge in [0.1, 0.15) is 12.0 Å². The monoisotopic (exact) mass is 446 g/mol. The molecular formula is C19H14ClF3N8. The highest BCUT2D eigenvalue weighted by atomic mass is 35.5. The van der Waals surface area contributed by atoms with E-state index in [2.05, 4.69) is 25.5 Å². The van der Waals surface area contributed by atoms with Crippen LogP contribution >= 0.6 is 11.6 Å². The topological polar surface area (TPSA) is 76.7 Å². The number of hydrogen-bond donors (Lipinski definition) is 1. The van der Waals surface area contributed by atoms with E-state index in [0.717, 1.165) is 18.6 Å². The van der Waals surface area contributed by atoms with Crippen LogP contribution in [0.15, 0.2) is 42.7 Å². The summed E-state index contributed by atoms with van der Waals surface area (Å²) in [5, 5.41) is 11.2. The van der Waals surface area contributed by atoms with E-state index in [9.17, 15) is 13.2 Å². The molecule has 5 rings (SSSR count). The number of nitrogens with zero attached hydrogens (tertiary/aromatic N) is 7. The van der Waals surface area contributed by atoms with Gasteiger partial charge in [-0.3, -0.25) is 0 Å². The first kappa shape index (κ1) is 19.4. The fourth-order valence-electron chi connectivity index (χ4n) is 3.37. The van der Waals surface area contributed by atoms with E-state index < -0.39 is 17.5 Å². The van der Waals surface area contributed by atoms with Crippen molar-refractivity contribution in [2.45, 2.75) is 13.0 Å². The third-order valence-electron chi connectivity index (χ3n) is 4.77. The number of aryl methyl sites for hydroxylation is 1. The van der Waals surface area contributed by atoms with Crippen LogP contribution < -0.4 is 10.2 Å². The minimum atomic E-state index is -0.934. The summed E-state index contributed by atoms with van der Waals surface area (Å²) < 4.78 is 44.4. The van der Waals surface area contributed by atoms with Gasteiger partial charge < -0.3 is 10.2 Å². The molecule has 0 radical (unpaired) electrons. The molecule has 8 nitrogen and oxygen atoms in total. The zero-order valence-electron chi connectivity index (χ0n) is 15.8. The number of rotatable bonds is 4. The number of halogens is 4. The number of nitrogens with one attached hydrogen (secondary N) is 1. The van der Waals surface area contributed by atoms with Crippen molar-refractivity contribution in [1.82, 2.24) is 29.5 Å². The summed E-state index contributed by atoms with van der Waals surface area (Å²) in [4.78, 5) is 9.97. The lowest BCUT2D eigenvalue weighted by Crippen LogP contribution is -2.28. The van der Waals surface area contributed by atoms with E-state index in [4.69, 9.17) is 11.6 Å². The Bertz CT molecular complexity index is 1270. The van der Waals surface area contributed by atoms with Gasteiger partial charge in [-0.2, -0.15) is 4.98 Å². The van der Waals surface area contributed by atoms with E-state index in [1.807, 2.05) is 0 Å². The summed E-state index contributed by atoms with van der Waals surface area (Å²) in [5.74, 6) is -1.66. The zero-order chi connectivity index (χ0) is 21.5. The van der Waals surface area contributed by atoms with E-state index in [0.29, 0.717) is 30.4 Å². The van der Waals surface area contributed by atoms with E-state index in [1.54, 1.807) is 15.6 Å². The summed E-state index contributed by atoms with van der Waals surface area (Å²) in [6.45, 7) is 1.19. The minimum absolute atomic E-state index is 0.0139. The Morgan fingerprint density at radius 3 is 2.55 bits per heavy atom. The van der Waals surface area contributed by atoms with Crippen LogP contribution in [0.25, 0.3) is 5.69 Å². The summed E-state index contributed by atoms with van der Waals surface area (Å²) in [7, 11) is 0. The van der Waals surface area contributed by atoms with Crippen LogP contribution in [0, 0.1) is 17.5 Å². The Morgan fingerprint density at radius 1 is 0.935 bits per heavy atom. The average Bonchev–Trinajstić information content (AvgIpc) is 3.35. The van der Waals surface area contributed by atoms with Crippen molar-refractivity contribution in [3.05, 3.63) is 65.5 Å². The maximum atomic E-state index is 14.5. The molecule has 12 heteroatoms. The van der Waals surface area contributed by atoms with Crippen molar-refractivity contribution in [2.24, 2.45) is 0 Å². The molecule has 1 N–H and O–H groups in total. The fourth-order valence-corrected chi connectivity index (χ4v) is 3.50. The molecule has 0 amide bonds. The standard InChI is InChI=1S/C19H14ClF3N8/c20-17-24-10-31(27-17)16-5-2-11(8-15(16)23)25-18-26-19-29(6-1-7-30(19)28-18)12-3-4-13(21)14(22)9-12/h2-5,8-10H,1,6-7H2,(H,25,28). The molecule has 2 aromatic heterocycles. The van der Waals surface area contributed by atoms with Crippen molar-refractivity contribution >= 4 is 34.9 Å². The summed E-state index contributed by atoms with van der Waals surface area (Å²) in [6.07, 6.45) is 2.06. The van der Waals surface area contributed by atoms with Gasteiger partial charge in [0, 0.05) is 30.5 Å². The van der Waals surface area contributed by atoms with Gasteiger partial charge in [0.15, 0.2) is 17.5 Å². The van der Waals surface area contributed by atoms with Crippen LogP contribution in [-0.4, -0.2) is 36.1 Å². The van der Waals surface area contributed by atoms with E-state index in [1.165, 1.54) is 29.2 Å². The first-order chi connectivity index (χ1) is 15.0. The molecule has 158 valence electrons. The highest BCUT2D eigenvalue weighted by molar-refractivity contribution is 6.28. The van der Waals surface area contributed by atoms with Crippen molar-refractivity contribution in [2.75, 3.05) is 16.8 Å². The number of anilines is 4. The fraction of sp³-hybridized carbons (Fsp3) is 0.158. The molecular weight excluding hydrogens is 433 g/mol. The van der Waals surface area contributed by atoms with Crippen molar-refractivity contribution in [3.8, 4) is 5.69 Å². The van der Waals surface area contributed by atoms with Crippen molar-refractivity contribution < 1.29 is 13.2 Å². The second kappa shape index (κ2) is 7.58. The Kier molecular flexibility index (Phi) is 4.74. The highest BCUT2D eigenvalue weighted by Crippen LogP contribution is 2.30. The summed E-state index contributed by atoms with van der Waals surface area (Å²) >= 11 is 5.68. The van der Waals surface area contributed by atoms with E-state index in [-0.39, 0.29) is 16.9 Å². The molecule has 0 saturated heterocycles. The third kappa shape index (κ3) is 3.67. The summed E-state index contributed by atoms with van der Waals surface area (Å²) in [6, 6.07) is 8.12. The maximum Gasteiger partial charge on any atom is 0.248 e. The number of aromatic nitrogens is 6. The molecule has 0 bridgehead atoms. The van der Waals surface area contributed by atoms with Crippen LogP contribution in [-0.2, 0) is 6.54 Å². The molecule has 0 fully saturated rings. The molecule has 1 aliphatic heterocycles. The van der Waals surface area contributed by atoms with Gasteiger partial charge in [0.25, 0.3) is 0 Å². The smallest absolute Gasteiger partial charge is 0.248 e. The number of hydrogen-bond acceptors (Lipinski definition) is 6. The SMILES string of the molecule is Fc1ccc(N2CCCn3nc(Nc4ccc(-n5cnc(Cl)n5)c(F)c4)nc32)cc1F. The van der Waals surface area contributed by atoms with Crippen LogP contribution in [0.1, 0.15) is 6.42 Å². The van der Waals surface area contributed by atoms with Crippen LogP contribution in [0.4, 0.5) is 36.4 Å². The molecule has 0 aliphatic carbocycles. The first-order valence-electron chi connectivity index (χ1n) is 9.29. The molecule has 1 aliphatic rings. The average molecular weight is 447 g/mol. The lowest BCUT2D eigenvalue weighted by Gasteiger charge is -2.27. The van der Waals surface area contributed by atoms with Crippen LogP contribution in [0.3, 0.4) is 0 Å². The number of fused-ring (bicyclic) bond motifs is 1. The van der Waals surface area contributed by atoms with Crippen molar-refractivity contribution in [3.63, 3.8) is 0 Å². The summed E-state index contributed by atoms with van der Waals surface area (Å²) in [5.41, 5.74) is 1.09. The Labute approximate surface area is 178 Å². The van der Waals surface area contributed by atoms with Gasteiger partial charge in [0.2, 0.25) is 17.2 Å². The van der Waals surface area contributed by atoms with Gasteiger partial charge in [-0.25, -0.2) is 27.5 Å². The normalized spacial score (nSPS) is 13.4. The first-order valence-corrected chi connectivity index (χ1v) is 9.67. The molecule has 3 heterocycles. The molecule has 0 atom stereocenters. The van der Waals surface area contributed by atoms with Gasteiger partial charge >= 0.3 is 0 Å².